The van der Waals surface area contributed by atoms with Gasteiger partial charge in [0, 0.05) is 27.2 Å². The van der Waals surface area contributed by atoms with Gasteiger partial charge in [0.05, 0.1) is 6.33 Å². The van der Waals surface area contributed by atoms with Crippen LogP contribution in [0.4, 0.5) is 0 Å². The molecule has 9 heteroatoms. The van der Waals surface area contributed by atoms with E-state index >= 15 is 0 Å². The van der Waals surface area contributed by atoms with Crippen LogP contribution in [-0.4, -0.2) is 38.6 Å². The summed E-state index contributed by atoms with van der Waals surface area (Å²) in [6.45, 7) is 2.34. The van der Waals surface area contributed by atoms with Crippen LogP contribution in [0.3, 0.4) is 0 Å². The number of imidazole rings is 1. The molecule has 1 aliphatic rings. The number of hydrogen-bond donors (Lipinski definition) is 1. The zero-order valence-corrected chi connectivity index (χ0v) is 15.3. The maximum atomic E-state index is 12.4. The lowest BCUT2D eigenvalue weighted by Gasteiger charge is -2.08. The molecule has 1 aromatic carbocycles. The number of benzene rings is 1. The van der Waals surface area contributed by atoms with E-state index in [1.165, 1.54) is 17.2 Å². The molecular weight excluding hydrogens is 350 g/mol. The molecule has 0 fully saturated rings. The molecule has 4 rings (SSSR count). The molecule has 0 saturated carbocycles. The highest BCUT2D eigenvalue weighted by Gasteiger charge is 2.14. The van der Waals surface area contributed by atoms with Gasteiger partial charge in [-0.25, -0.2) is 9.78 Å². The number of aryl methyl sites for hydroxylation is 1. The van der Waals surface area contributed by atoms with Crippen molar-refractivity contribution in [3.05, 3.63) is 50.9 Å². The highest BCUT2D eigenvalue weighted by Crippen LogP contribution is 2.32. The van der Waals surface area contributed by atoms with Crippen molar-refractivity contribution in [2.45, 2.75) is 13.0 Å². The molecule has 0 spiro atoms. The van der Waals surface area contributed by atoms with E-state index in [1.54, 1.807) is 17.9 Å². The molecule has 2 aromatic heterocycles. The van der Waals surface area contributed by atoms with Crippen molar-refractivity contribution in [1.82, 2.24) is 24.0 Å². The lowest BCUT2D eigenvalue weighted by atomic mass is 10.1. The molecule has 0 amide bonds. The molecule has 0 unspecified atom stereocenters. The van der Waals surface area contributed by atoms with Crippen LogP contribution in [0.25, 0.3) is 11.2 Å². The number of fused-ring (bicyclic) bond motifs is 2. The lowest BCUT2D eigenvalue weighted by molar-refractivity contribution is 0.174. The number of hydrogen-bond acceptors (Lipinski definition) is 6. The van der Waals surface area contributed by atoms with E-state index in [-0.39, 0.29) is 18.0 Å². The van der Waals surface area contributed by atoms with Gasteiger partial charge in [-0.05, 0) is 30.7 Å². The Bertz CT molecular complexity index is 1110. The Kier molecular flexibility index (Phi) is 4.44. The molecule has 0 radical (unpaired) electrons. The van der Waals surface area contributed by atoms with Crippen LogP contribution in [0.2, 0.25) is 0 Å². The summed E-state index contributed by atoms with van der Waals surface area (Å²) in [5.41, 5.74) is 1.31. The van der Waals surface area contributed by atoms with Crippen LogP contribution in [-0.2, 0) is 27.1 Å². The van der Waals surface area contributed by atoms with E-state index < -0.39 is 0 Å². The first-order valence-corrected chi connectivity index (χ1v) is 8.76. The van der Waals surface area contributed by atoms with Gasteiger partial charge in [-0.3, -0.25) is 13.9 Å². The molecule has 9 nitrogen and oxygen atoms in total. The summed E-state index contributed by atoms with van der Waals surface area (Å²) in [6.07, 6.45) is 2.46. The minimum atomic E-state index is -0.375. The number of rotatable bonds is 6. The van der Waals surface area contributed by atoms with E-state index in [9.17, 15) is 9.59 Å². The quantitative estimate of drug-likeness (QED) is 0.613. The van der Waals surface area contributed by atoms with Crippen LogP contribution < -0.4 is 26.0 Å². The van der Waals surface area contributed by atoms with Gasteiger partial charge >= 0.3 is 5.69 Å². The second-order valence-corrected chi connectivity index (χ2v) is 6.50. The summed E-state index contributed by atoms with van der Waals surface area (Å²) in [4.78, 5) is 28.6. The number of nitrogens with zero attached hydrogens (tertiary/aromatic N) is 4. The van der Waals surface area contributed by atoms with Crippen molar-refractivity contribution in [3.8, 4) is 11.5 Å². The maximum Gasteiger partial charge on any atom is 0.332 e. The van der Waals surface area contributed by atoms with Gasteiger partial charge < -0.3 is 19.4 Å². The van der Waals surface area contributed by atoms with Crippen LogP contribution in [0, 0.1) is 0 Å². The van der Waals surface area contributed by atoms with Gasteiger partial charge in [0.15, 0.2) is 22.7 Å². The Balaban J connectivity index is 1.37. The normalized spacial score (nSPS) is 12.8. The minimum Gasteiger partial charge on any atom is -0.454 e. The van der Waals surface area contributed by atoms with E-state index in [2.05, 4.69) is 10.3 Å². The fraction of sp³-hybridized carbons (Fsp3) is 0.389. The van der Waals surface area contributed by atoms with Crippen molar-refractivity contribution in [1.29, 1.82) is 0 Å². The Morgan fingerprint density at radius 2 is 1.93 bits per heavy atom. The average molecular weight is 371 g/mol. The molecule has 0 atom stereocenters. The molecule has 3 aromatic rings. The highest BCUT2D eigenvalue weighted by atomic mass is 16.7. The topological polar surface area (TPSA) is 92.3 Å². The van der Waals surface area contributed by atoms with Crippen LogP contribution in [0.15, 0.2) is 34.1 Å². The Labute approximate surface area is 154 Å². The maximum absolute atomic E-state index is 12.4. The van der Waals surface area contributed by atoms with E-state index in [0.29, 0.717) is 24.3 Å². The van der Waals surface area contributed by atoms with Gasteiger partial charge in [-0.1, -0.05) is 6.07 Å². The SMILES string of the molecule is Cn1c(=O)c2c(ncn2CCNCCc2ccc3c(c2)OCO3)n(C)c1=O. The van der Waals surface area contributed by atoms with Gasteiger partial charge in [0.2, 0.25) is 6.79 Å². The third kappa shape index (κ3) is 3.10. The summed E-state index contributed by atoms with van der Waals surface area (Å²) in [6, 6.07) is 5.95. The fourth-order valence-electron chi connectivity index (χ4n) is 3.22. The van der Waals surface area contributed by atoms with Gasteiger partial charge in [0.25, 0.3) is 5.56 Å². The second kappa shape index (κ2) is 6.92. The standard InChI is InChI=1S/C18H21N5O4/c1-21-16-15(17(24)22(2)18(21)25)23(10-20-16)8-7-19-6-5-12-3-4-13-14(9-12)27-11-26-13/h3-4,9-10,19H,5-8,11H2,1-2H3. The molecule has 0 aliphatic carbocycles. The van der Waals surface area contributed by atoms with Crippen molar-refractivity contribution in [2.75, 3.05) is 19.9 Å². The molecule has 3 heterocycles. The van der Waals surface area contributed by atoms with Crippen molar-refractivity contribution >= 4 is 11.2 Å². The summed E-state index contributed by atoms with van der Waals surface area (Å²) < 4.78 is 15.0. The lowest BCUT2D eigenvalue weighted by Crippen LogP contribution is -2.37. The molecular formula is C18H21N5O4. The highest BCUT2D eigenvalue weighted by molar-refractivity contribution is 5.69. The smallest absolute Gasteiger partial charge is 0.332 e. The monoisotopic (exact) mass is 371 g/mol. The van der Waals surface area contributed by atoms with Crippen LogP contribution >= 0.6 is 0 Å². The van der Waals surface area contributed by atoms with Gasteiger partial charge in [-0.2, -0.15) is 0 Å². The number of nitrogens with one attached hydrogen (secondary N) is 1. The molecule has 0 saturated heterocycles. The first-order valence-electron chi connectivity index (χ1n) is 8.76. The van der Waals surface area contributed by atoms with Crippen molar-refractivity contribution in [2.24, 2.45) is 14.1 Å². The average Bonchev–Trinajstić information content (AvgIpc) is 3.31. The molecule has 27 heavy (non-hydrogen) atoms. The first-order chi connectivity index (χ1) is 13.1. The Morgan fingerprint density at radius 1 is 1.11 bits per heavy atom. The summed E-state index contributed by atoms with van der Waals surface area (Å²) in [5.74, 6) is 1.58. The second-order valence-electron chi connectivity index (χ2n) is 6.50. The molecule has 142 valence electrons. The third-order valence-electron chi connectivity index (χ3n) is 4.77. The number of aromatic nitrogens is 4. The molecule has 0 bridgehead atoms. The van der Waals surface area contributed by atoms with Crippen LogP contribution in [0.5, 0.6) is 11.5 Å². The number of ether oxygens (including phenoxy) is 2. The third-order valence-corrected chi connectivity index (χ3v) is 4.77. The van der Waals surface area contributed by atoms with Crippen LogP contribution in [0.1, 0.15) is 5.56 Å². The van der Waals surface area contributed by atoms with E-state index in [1.807, 2.05) is 18.2 Å². The van der Waals surface area contributed by atoms with E-state index in [4.69, 9.17) is 9.47 Å². The fourth-order valence-corrected chi connectivity index (χ4v) is 3.22. The summed E-state index contributed by atoms with van der Waals surface area (Å²) >= 11 is 0. The predicted molar refractivity (Wildman–Crippen MR) is 99.4 cm³/mol. The van der Waals surface area contributed by atoms with E-state index in [0.717, 1.165) is 29.0 Å². The Hall–Kier alpha value is -3.07. The van der Waals surface area contributed by atoms with Gasteiger partial charge in [0.1, 0.15) is 0 Å². The summed E-state index contributed by atoms with van der Waals surface area (Å²) in [7, 11) is 3.09. The summed E-state index contributed by atoms with van der Waals surface area (Å²) in [5, 5.41) is 3.37. The van der Waals surface area contributed by atoms with Crippen molar-refractivity contribution < 1.29 is 9.47 Å². The largest absolute Gasteiger partial charge is 0.454 e. The predicted octanol–water partition coefficient (Wildman–Crippen LogP) is -0.00530. The zero-order valence-electron chi connectivity index (χ0n) is 15.3. The van der Waals surface area contributed by atoms with Crippen molar-refractivity contribution in [3.63, 3.8) is 0 Å². The van der Waals surface area contributed by atoms with Gasteiger partial charge in [-0.15, -0.1) is 0 Å². The molecule has 1 aliphatic heterocycles. The minimum absolute atomic E-state index is 0.279. The first kappa shape index (κ1) is 17.3. The zero-order chi connectivity index (χ0) is 19.0. The molecule has 1 N–H and O–H groups in total. The Morgan fingerprint density at radius 3 is 2.78 bits per heavy atom.